The van der Waals surface area contributed by atoms with Crippen molar-refractivity contribution in [2.24, 2.45) is 0 Å². The molecule has 1 fully saturated rings. The molecule has 108 valence electrons. The number of aromatic nitrogens is 3. The molecule has 1 atom stereocenters. The van der Waals surface area contributed by atoms with Gasteiger partial charge in [-0.05, 0) is 18.6 Å². The molecule has 1 N–H and O–H groups in total. The molecule has 3 heterocycles. The van der Waals surface area contributed by atoms with Gasteiger partial charge in [-0.1, -0.05) is 6.07 Å². The molecule has 6 nitrogen and oxygen atoms in total. The van der Waals surface area contributed by atoms with Crippen LogP contribution in [-0.2, 0) is 6.54 Å². The average molecular weight is 283 g/mol. The van der Waals surface area contributed by atoms with Crippen LogP contribution < -0.4 is 5.32 Å². The number of likely N-dealkylation sites (tertiary alicyclic amines) is 1. The minimum Gasteiger partial charge on any atom is -0.332 e. The van der Waals surface area contributed by atoms with Crippen molar-refractivity contribution in [3.8, 4) is 0 Å². The van der Waals surface area contributed by atoms with Crippen LogP contribution in [0, 0.1) is 0 Å². The standard InChI is InChI=1S/C15H17N5O/c21-15(19-9-13-3-1-2-5-17-13)20-8-4-12(11-20)14-10-16-6-7-18-14/h1-3,5-7,10,12H,4,8-9,11H2,(H,19,21). The van der Waals surface area contributed by atoms with Crippen molar-refractivity contribution < 1.29 is 4.79 Å². The molecular weight excluding hydrogens is 266 g/mol. The predicted molar refractivity (Wildman–Crippen MR) is 77.4 cm³/mol. The van der Waals surface area contributed by atoms with E-state index in [1.54, 1.807) is 24.8 Å². The van der Waals surface area contributed by atoms with Gasteiger partial charge < -0.3 is 10.2 Å². The molecule has 1 aliphatic heterocycles. The average Bonchev–Trinajstić information content (AvgIpc) is 3.04. The first-order chi connectivity index (χ1) is 10.3. The van der Waals surface area contributed by atoms with Crippen LogP contribution >= 0.6 is 0 Å². The number of pyridine rings is 1. The first kappa shape index (κ1) is 13.5. The van der Waals surface area contributed by atoms with E-state index in [1.165, 1.54) is 0 Å². The number of hydrogen-bond donors (Lipinski definition) is 1. The Labute approximate surface area is 123 Å². The molecule has 0 saturated carbocycles. The summed E-state index contributed by atoms with van der Waals surface area (Å²) in [7, 11) is 0. The molecule has 0 aliphatic carbocycles. The molecule has 3 rings (SSSR count). The number of amides is 2. The van der Waals surface area contributed by atoms with Crippen molar-refractivity contribution in [2.45, 2.75) is 18.9 Å². The van der Waals surface area contributed by atoms with Gasteiger partial charge in [-0.3, -0.25) is 15.0 Å². The molecule has 6 heteroatoms. The Balaban J connectivity index is 1.53. The third-order valence-corrected chi connectivity index (χ3v) is 3.62. The van der Waals surface area contributed by atoms with Gasteiger partial charge in [0.2, 0.25) is 0 Å². The topological polar surface area (TPSA) is 71.0 Å². The number of hydrogen-bond acceptors (Lipinski definition) is 4. The normalized spacial score (nSPS) is 17.7. The lowest BCUT2D eigenvalue weighted by Gasteiger charge is -2.17. The van der Waals surface area contributed by atoms with E-state index >= 15 is 0 Å². The molecule has 21 heavy (non-hydrogen) atoms. The van der Waals surface area contributed by atoms with Gasteiger partial charge in [-0.25, -0.2) is 4.79 Å². The van der Waals surface area contributed by atoms with E-state index in [-0.39, 0.29) is 11.9 Å². The van der Waals surface area contributed by atoms with Crippen LogP contribution in [-0.4, -0.2) is 39.0 Å². The summed E-state index contributed by atoms with van der Waals surface area (Å²) in [5, 5.41) is 2.90. The summed E-state index contributed by atoms with van der Waals surface area (Å²) in [5.41, 5.74) is 1.81. The highest BCUT2D eigenvalue weighted by molar-refractivity contribution is 5.74. The monoisotopic (exact) mass is 283 g/mol. The number of nitrogens with one attached hydrogen (secondary N) is 1. The molecule has 0 radical (unpaired) electrons. The third kappa shape index (κ3) is 3.34. The Bertz CT molecular complexity index is 590. The van der Waals surface area contributed by atoms with E-state index in [4.69, 9.17) is 0 Å². The van der Waals surface area contributed by atoms with Gasteiger partial charge in [0, 0.05) is 43.8 Å². The number of carbonyl (C=O) groups is 1. The molecule has 1 aliphatic rings. The van der Waals surface area contributed by atoms with Crippen molar-refractivity contribution in [1.29, 1.82) is 0 Å². The lowest BCUT2D eigenvalue weighted by molar-refractivity contribution is 0.207. The summed E-state index contributed by atoms with van der Waals surface area (Å²) in [5.74, 6) is 0.277. The quantitative estimate of drug-likeness (QED) is 0.928. The Kier molecular flexibility index (Phi) is 4.04. The number of nitrogens with zero attached hydrogens (tertiary/aromatic N) is 4. The van der Waals surface area contributed by atoms with Crippen molar-refractivity contribution in [1.82, 2.24) is 25.2 Å². The third-order valence-electron chi connectivity index (χ3n) is 3.62. The second kappa shape index (κ2) is 6.30. The second-order valence-corrected chi connectivity index (χ2v) is 5.04. The van der Waals surface area contributed by atoms with E-state index in [0.29, 0.717) is 13.1 Å². The minimum atomic E-state index is -0.0490. The maximum absolute atomic E-state index is 12.1. The van der Waals surface area contributed by atoms with Crippen LogP contribution in [0.15, 0.2) is 43.0 Å². The molecule has 2 amide bonds. The van der Waals surface area contributed by atoms with E-state index in [9.17, 15) is 4.79 Å². The molecule has 1 saturated heterocycles. The molecule has 0 spiro atoms. The van der Waals surface area contributed by atoms with E-state index in [0.717, 1.165) is 24.4 Å². The summed E-state index contributed by atoms with van der Waals surface area (Å²) < 4.78 is 0. The number of rotatable bonds is 3. The van der Waals surface area contributed by atoms with Crippen LogP contribution in [0.2, 0.25) is 0 Å². The zero-order valence-electron chi connectivity index (χ0n) is 11.6. The first-order valence-corrected chi connectivity index (χ1v) is 7.01. The molecule has 2 aromatic rings. The number of urea groups is 1. The Morgan fingerprint density at radius 1 is 1.29 bits per heavy atom. The molecule has 0 aromatic carbocycles. The summed E-state index contributed by atoms with van der Waals surface area (Å²) >= 11 is 0. The van der Waals surface area contributed by atoms with Crippen LogP contribution in [0.5, 0.6) is 0 Å². The van der Waals surface area contributed by atoms with Gasteiger partial charge in [0.05, 0.1) is 17.9 Å². The minimum absolute atomic E-state index is 0.0490. The van der Waals surface area contributed by atoms with Gasteiger partial charge in [-0.15, -0.1) is 0 Å². The lowest BCUT2D eigenvalue weighted by Crippen LogP contribution is -2.38. The Morgan fingerprint density at radius 3 is 3.00 bits per heavy atom. The first-order valence-electron chi connectivity index (χ1n) is 7.01. The fourth-order valence-corrected chi connectivity index (χ4v) is 2.49. The number of carbonyl (C=O) groups excluding carboxylic acids is 1. The van der Waals surface area contributed by atoms with Gasteiger partial charge in [0.25, 0.3) is 0 Å². The Morgan fingerprint density at radius 2 is 2.24 bits per heavy atom. The molecule has 1 unspecified atom stereocenters. The fourth-order valence-electron chi connectivity index (χ4n) is 2.49. The SMILES string of the molecule is O=C(NCc1ccccn1)N1CCC(c2cnccn2)C1. The largest absolute Gasteiger partial charge is 0.332 e. The van der Waals surface area contributed by atoms with Crippen LogP contribution in [0.3, 0.4) is 0 Å². The van der Waals surface area contributed by atoms with Gasteiger partial charge in [0.15, 0.2) is 0 Å². The van der Waals surface area contributed by atoms with Crippen LogP contribution in [0.4, 0.5) is 4.79 Å². The summed E-state index contributed by atoms with van der Waals surface area (Å²) in [6, 6.07) is 5.62. The maximum Gasteiger partial charge on any atom is 0.317 e. The van der Waals surface area contributed by atoms with Crippen molar-refractivity contribution in [2.75, 3.05) is 13.1 Å². The summed E-state index contributed by atoms with van der Waals surface area (Å²) in [6.07, 6.45) is 7.78. The smallest absolute Gasteiger partial charge is 0.317 e. The predicted octanol–water partition coefficient (Wildman–Crippen LogP) is 1.57. The van der Waals surface area contributed by atoms with Crippen molar-refractivity contribution in [3.63, 3.8) is 0 Å². The van der Waals surface area contributed by atoms with E-state index in [2.05, 4.69) is 20.3 Å². The lowest BCUT2D eigenvalue weighted by atomic mass is 10.1. The molecule has 2 aromatic heterocycles. The fraction of sp³-hybridized carbons (Fsp3) is 0.333. The van der Waals surface area contributed by atoms with Crippen molar-refractivity contribution >= 4 is 6.03 Å². The van der Waals surface area contributed by atoms with Gasteiger partial charge in [0.1, 0.15) is 0 Å². The molecular formula is C15H17N5O. The van der Waals surface area contributed by atoms with Crippen LogP contribution in [0.1, 0.15) is 23.7 Å². The summed E-state index contributed by atoms with van der Waals surface area (Å²) in [6.45, 7) is 1.88. The molecule has 0 bridgehead atoms. The van der Waals surface area contributed by atoms with Crippen LogP contribution in [0.25, 0.3) is 0 Å². The highest BCUT2D eigenvalue weighted by atomic mass is 16.2. The van der Waals surface area contributed by atoms with Crippen molar-refractivity contribution in [3.05, 3.63) is 54.4 Å². The highest BCUT2D eigenvalue weighted by Crippen LogP contribution is 2.24. The Hall–Kier alpha value is -2.50. The zero-order chi connectivity index (χ0) is 14.5. The summed E-state index contributed by atoms with van der Waals surface area (Å²) in [4.78, 5) is 26.6. The van der Waals surface area contributed by atoms with Gasteiger partial charge >= 0.3 is 6.03 Å². The highest BCUT2D eigenvalue weighted by Gasteiger charge is 2.28. The maximum atomic E-state index is 12.1. The second-order valence-electron chi connectivity index (χ2n) is 5.04. The van der Waals surface area contributed by atoms with E-state index < -0.39 is 0 Å². The zero-order valence-corrected chi connectivity index (χ0v) is 11.6. The van der Waals surface area contributed by atoms with Gasteiger partial charge in [-0.2, -0.15) is 0 Å². The van der Waals surface area contributed by atoms with E-state index in [1.807, 2.05) is 23.1 Å².